The maximum absolute atomic E-state index is 11.8. The van der Waals surface area contributed by atoms with E-state index in [0.717, 1.165) is 5.56 Å². The Morgan fingerprint density at radius 1 is 1.29 bits per heavy atom. The van der Waals surface area contributed by atoms with Gasteiger partial charge in [-0.05, 0) is 12.0 Å². The molecule has 1 rings (SSSR count). The van der Waals surface area contributed by atoms with E-state index in [2.05, 4.69) is 0 Å². The number of halogens is 1. The third kappa shape index (κ3) is 7.52. The van der Waals surface area contributed by atoms with Gasteiger partial charge in [-0.25, -0.2) is 18.0 Å². The fourth-order valence-electron chi connectivity index (χ4n) is 1.49. The van der Waals surface area contributed by atoms with Crippen LogP contribution >= 0.6 is 10.7 Å². The number of carbonyl (C=O) groups excluding carboxylic acids is 1. The molecule has 0 fully saturated rings. The van der Waals surface area contributed by atoms with Gasteiger partial charge in [-0.2, -0.15) is 0 Å². The molecule has 1 aromatic rings. The van der Waals surface area contributed by atoms with Crippen LogP contribution in [0.5, 0.6) is 0 Å². The zero-order valence-corrected chi connectivity index (χ0v) is 12.4. The molecule has 7 nitrogen and oxygen atoms in total. The fourth-order valence-corrected chi connectivity index (χ4v) is 2.27. The first-order chi connectivity index (χ1) is 9.78. The normalized spacial score (nSPS) is 12.4. The maximum Gasteiger partial charge on any atom is 0.405 e. The molecular weight excluding hydrogens is 322 g/mol. The topological polar surface area (TPSA) is 110 Å². The molecule has 0 spiro atoms. The zero-order chi connectivity index (χ0) is 15.9. The Kier molecular flexibility index (Phi) is 6.44. The molecule has 0 aliphatic heterocycles. The lowest BCUT2D eigenvalue weighted by molar-refractivity contribution is -0.147. The van der Waals surface area contributed by atoms with Crippen molar-refractivity contribution in [3.05, 3.63) is 35.9 Å². The van der Waals surface area contributed by atoms with E-state index in [0.29, 0.717) is 0 Å². The van der Waals surface area contributed by atoms with Crippen molar-refractivity contribution in [2.75, 3.05) is 5.75 Å². The van der Waals surface area contributed by atoms with Crippen LogP contribution in [0.15, 0.2) is 30.3 Å². The Morgan fingerprint density at radius 3 is 2.43 bits per heavy atom. The minimum atomic E-state index is -3.82. The second kappa shape index (κ2) is 7.84. The predicted molar refractivity (Wildman–Crippen MR) is 75.4 cm³/mol. The summed E-state index contributed by atoms with van der Waals surface area (Å²) in [7, 11) is 1.21. The summed E-state index contributed by atoms with van der Waals surface area (Å²) in [6.45, 7) is -0.0366. The van der Waals surface area contributed by atoms with Gasteiger partial charge in [0.1, 0.15) is 12.6 Å². The quantitative estimate of drug-likeness (QED) is 0.574. The highest BCUT2D eigenvalue weighted by atomic mass is 35.7. The molecule has 0 saturated heterocycles. The van der Waals surface area contributed by atoms with Crippen LogP contribution in [0.4, 0.5) is 4.79 Å². The number of esters is 1. The van der Waals surface area contributed by atoms with Crippen molar-refractivity contribution >= 4 is 31.8 Å². The summed E-state index contributed by atoms with van der Waals surface area (Å²) < 4.78 is 26.7. The molecule has 2 N–H and O–H groups in total. The number of benzene rings is 1. The predicted octanol–water partition coefficient (Wildman–Crippen LogP) is 1.32. The van der Waals surface area contributed by atoms with Crippen molar-refractivity contribution in [2.45, 2.75) is 19.1 Å². The average Bonchev–Trinajstić information content (AvgIpc) is 2.40. The highest BCUT2D eigenvalue weighted by Crippen LogP contribution is 2.07. The molecular formula is C12H14ClNO6S. The van der Waals surface area contributed by atoms with Crippen LogP contribution < -0.4 is 5.32 Å². The van der Waals surface area contributed by atoms with Crippen molar-refractivity contribution in [1.82, 2.24) is 5.32 Å². The summed E-state index contributed by atoms with van der Waals surface area (Å²) >= 11 is 0. The minimum absolute atomic E-state index is 0.0366. The average molecular weight is 336 g/mol. The number of hydrogen-bond acceptors (Lipinski definition) is 5. The summed E-state index contributed by atoms with van der Waals surface area (Å²) in [4.78, 5) is 22.4. The first kappa shape index (κ1) is 17.3. The van der Waals surface area contributed by atoms with E-state index in [9.17, 15) is 18.0 Å². The van der Waals surface area contributed by atoms with Crippen molar-refractivity contribution in [3.8, 4) is 0 Å². The Hall–Kier alpha value is -1.80. The molecule has 116 valence electrons. The van der Waals surface area contributed by atoms with E-state index in [4.69, 9.17) is 20.5 Å². The number of hydrogen-bond donors (Lipinski definition) is 2. The first-order valence-corrected chi connectivity index (χ1v) is 8.38. The van der Waals surface area contributed by atoms with Gasteiger partial charge >= 0.3 is 12.1 Å². The van der Waals surface area contributed by atoms with Crippen LogP contribution in [0.1, 0.15) is 12.0 Å². The molecule has 0 radical (unpaired) electrons. The molecule has 0 aliphatic rings. The molecule has 21 heavy (non-hydrogen) atoms. The zero-order valence-electron chi connectivity index (χ0n) is 10.9. The van der Waals surface area contributed by atoms with Crippen LogP contribution in [-0.4, -0.2) is 37.4 Å². The van der Waals surface area contributed by atoms with Crippen molar-refractivity contribution in [3.63, 3.8) is 0 Å². The lowest BCUT2D eigenvalue weighted by atomic mass is 10.2. The van der Waals surface area contributed by atoms with Gasteiger partial charge < -0.3 is 15.2 Å². The summed E-state index contributed by atoms with van der Waals surface area (Å²) in [5.74, 6) is -1.40. The van der Waals surface area contributed by atoms with E-state index in [1.807, 2.05) is 5.32 Å². The summed E-state index contributed by atoms with van der Waals surface area (Å²) in [5, 5.41) is 10.6. The smallest absolute Gasteiger partial charge is 0.405 e. The summed E-state index contributed by atoms with van der Waals surface area (Å²) in [6, 6.07) is 7.49. The number of carbonyl (C=O) groups is 2. The highest BCUT2D eigenvalue weighted by Gasteiger charge is 2.24. The van der Waals surface area contributed by atoms with Gasteiger partial charge in [-0.3, -0.25) is 0 Å². The van der Waals surface area contributed by atoms with Crippen LogP contribution in [0, 0.1) is 0 Å². The number of ether oxygens (including phenoxy) is 1. The van der Waals surface area contributed by atoms with Gasteiger partial charge in [0, 0.05) is 10.7 Å². The molecule has 1 aromatic carbocycles. The third-order valence-electron chi connectivity index (χ3n) is 2.46. The van der Waals surface area contributed by atoms with E-state index in [-0.39, 0.29) is 13.0 Å². The van der Waals surface area contributed by atoms with Gasteiger partial charge in [-0.1, -0.05) is 30.3 Å². The van der Waals surface area contributed by atoms with E-state index in [1.54, 1.807) is 30.3 Å². The van der Waals surface area contributed by atoms with E-state index in [1.165, 1.54) is 0 Å². The van der Waals surface area contributed by atoms with Crippen LogP contribution in [-0.2, 0) is 25.2 Å². The van der Waals surface area contributed by atoms with Crippen LogP contribution in [0.3, 0.4) is 0 Å². The molecule has 0 bridgehead atoms. The Labute approximate surface area is 126 Å². The largest absolute Gasteiger partial charge is 0.465 e. The van der Waals surface area contributed by atoms with Crippen molar-refractivity contribution in [2.24, 2.45) is 0 Å². The first-order valence-electron chi connectivity index (χ1n) is 5.90. The second-order valence-corrected chi connectivity index (χ2v) is 7.02. The van der Waals surface area contributed by atoms with E-state index < -0.39 is 32.9 Å². The Bertz CT molecular complexity index is 589. The van der Waals surface area contributed by atoms with Crippen molar-refractivity contribution < 1.29 is 27.9 Å². The third-order valence-corrected chi connectivity index (χ3v) is 3.64. The lowest BCUT2D eigenvalue weighted by Crippen LogP contribution is -2.42. The van der Waals surface area contributed by atoms with Gasteiger partial charge in [0.2, 0.25) is 9.05 Å². The molecule has 0 aromatic heterocycles. The minimum Gasteiger partial charge on any atom is -0.465 e. The molecule has 0 heterocycles. The van der Waals surface area contributed by atoms with Crippen LogP contribution in [0.25, 0.3) is 0 Å². The molecule has 9 heteroatoms. The van der Waals surface area contributed by atoms with Gasteiger partial charge in [-0.15, -0.1) is 0 Å². The molecule has 1 unspecified atom stereocenters. The lowest BCUT2D eigenvalue weighted by Gasteiger charge is -2.15. The molecule has 0 saturated carbocycles. The molecule has 0 aliphatic carbocycles. The number of nitrogens with one attached hydrogen (secondary N) is 1. The summed E-state index contributed by atoms with van der Waals surface area (Å²) in [6.07, 6.45) is -1.75. The standard InChI is InChI=1S/C12H14ClNO6S/c13-21(18,19)7-6-10(14-12(16)17)11(15)20-8-9-4-2-1-3-5-9/h1-5,10,14H,6-8H2,(H,16,17). The van der Waals surface area contributed by atoms with Crippen LogP contribution in [0.2, 0.25) is 0 Å². The summed E-state index contributed by atoms with van der Waals surface area (Å²) in [5.41, 5.74) is 0.727. The van der Waals surface area contributed by atoms with E-state index >= 15 is 0 Å². The number of rotatable bonds is 7. The maximum atomic E-state index is 11.8. The van der Waals surface area contributed by atoms with Gasteiger partial charge in [0.05, 0.1) is 5.75 Å². The number of carboxylic acid groups (broad SMARTS) is 1. The number of amides is 1. The Morgan fingerprint density at radius 2 is 1.90 bits per heavy atom. The van der Waals surface area contributed by atoms with Crippen molar-refractivity contribution in [1.29, 1.82) is 0 Å². The highest BCUT2D eigenvalue weighted by molar-refractivity contribution is 8.13. The fraction of sp³-hybridized carbons (Fsp3) is 0.333. The Balaban J connectivity index is 2.60. The van der Waals surface area contributed by atoms with Gasteiger partial charge in [0.15, 0.2) is 0 Å². The van der Waals surface area contributed by atoms with Gasteiger partial charge in [0.25, 0.3) is 0 Å². The molecule has 1 amide bonds. The second-order valence-electron chi connectivity index (χ2n) is 4.13. The molecule has 1 atom stereocenters. The SMILES string of the molecule is O=C(O)NC(CCS(=O)(=O)Cl)C(=O)OCc1ccccc1. The monoisotopic (exact) mass is 335 g/mol.